The van der Waals surface area contributed by atoms with Crippen LogP contribution in [0.1, 0.15) is 4.11 Å². The molecule has 5 nitrogen and oxygen atoms in total. The van der Waals surface area contributed by atoms with Crippen LogP contribution in [0, 0.1) is 0 Å². The first-order valence-electron chi connectivity index (χ1n) is 21.2. The second-order valence-electron chi connectivity index (χ2n) is 14.6. The van der Waals surface area contributed by atoms with E-state index in [0.717, 1.165) is 66.8 Å². The number of rotatable bonds is 8. The van der Waals surface area contributed by atoms with Crippen LogP contribution < -0.4 is 14.5 Å². The monoisotopic (exact) mass is 761 g/mol. The third kappa shape index (κ3) is 6.17. The maximum absolute atomic E-state index is 9.19. The molecule has 0 radical (unpaired) electrons. The lowest BCUT2D eigenvalue weighted by molar-refractivity contribution is 0.483. The van der Waals surface area contributed by atoms with Crippen molar-refractivity contribution >= 4 is 44.6 Å². The van der Waals surface area contributed by atoms with Crippen molar-refractivity contribution in [3.05, 3.63) is 218 Å². The molecule has 3 heterocycles. The molecule has 8 aromatic carbocycles. The predicted molar refractivity (Wildman–Crippen MR) is 243 cm³/mol. The van der Waals surface area contributed by atoms with Crippen LogP contribution in [0.15, 0.2) is 218 Å². The number of hydrogen-bond donors (Lipinski definition) is 0. The maximum Gasteiger partial charge on any atom is 0.137 e. The highest BCUT2D eigenvalue weighted by Gasteiger charge is 2.31. The molecule has 0 atom stereocenters. The Labute approximate surface area is 347 Å². The van der Waals surface area contributed by atoms with Gasteiger partial charge in [-0.25, -0.2) is 4.98 Å². The second-order valence-corrected chi connectivity index (χ2v) is 14.6. The van der Waals surface area contributed by atoms with Gasteiger partial charge in [-0.1, -0.05) is 146 Å². The first kappa shape index (κ1) is 31.2. The van der Waals surface area contributed by atoms with E-state index in [1.165, 1.54) is 0 Å². The van der Waals surface area contributed by atoms with Crippen molar-refractivity contribution in [2.24, 2.45) is 0 Å². The molecule has 0 bridgehead atoms. The molecule has 1 aliphatic rings. The van der Waals surface area contributed by atoms with Gasteiger partial charge in [0.1, 0.15) is 24.0 Å². The second kappa shape index (κ2) is 14.6. The van der Waals surface area contributed by atoms with E-state index in [1.807, 2.05) is 89.5 Å². The van der Waals surface area contributed by atoms with Crippen LogP contribution in [-0.4, -0.2) is 16.2 Å². The number of hydrogen-bond acceptors (Lipinski definition) is 4. The van der Waals surface area contributed by atoms with Crippen molar-refractivity contribution in [2.45, 2.75) is 0 Å². The van der Waals surface area contributed by atoms with Gasteiger partial charge in [-0.3, -0.25) is 4.57 Å². The third-order valence-corrected chi connectivity index (χ3v) is 11.1. The van der Waals surface area contributed by atoms with Gasteiger partial charge in [0.25, 0.3) is 0 Å². The molecule has 59 heavy (non-hydrogen) atoms. The molecule has 10 aromatic rings. The van der Waals surface area contributed by atoms with Crippen molar-refractivity contribution in [1.82, 2.24) is 9.55 Å². The Morgan fingerprint density at radius 1 is 0.458 bits per heavy atom. The molecule has 11 rings (SSSR count). The molecule has 0 aliphatic carbocycles. The summed E-state index contributed by atoms with van der Waals surface area (Å²) >= 11 is 0. The van der Waals surface area contributed by atoms with Crippen molar-refractivity contribution in [3.8, 4) is 50.7 Å². The van der Waals surface area contributed by atoms with Crippen molar-refractivity contribution in [2.75, 3.05) is 16.5 Å². The molecule has 280 valence electrons. The standard InChI is InChI=1S/C54H38N4O/c1-4-16-38(17-5-1)41-30-33-53(55-36-41)58-49-27-11-10-24-47(49)48-32-31-44(35-52(48)58)59-43-23-14-22-42(34-43)56-37-57(51-29-13-12-28-50(51)56)54-45(39-18-6-2-7-19-39)25-15-26-46(54)40-20-8-3-9-21-40/h1-36H,37H2/i30D,33D,36D. The number of aromatic nitrogens is 2. The van der Waals surface area contributed by atoms with Gasteiger partial charge in [-0.2, -0.15) is 0 Å². The van der Waals surface area contributed by atoms with Gasteiger partial charge >= 0.3 is 0 Å². The average Bonchev–Trinajstić information content (AvgIpc) is 3.87. The smallest absolute Gasteiger partial charge is 0.137 e. The molecule has 0 saturated heterocycles. The van der Waals surface area contributed by atoms with Crippen molar-refractivity contribution in [3.63, 3.8) is 0 Å². The Morgan fingerprint density at radius 2 is 1.05 bits per heavy atom. The summed E-state index contributed by atoms with van der Waals surface area (Å²) in [5, 5.41) is 1.93. The summed E-state index contributed by atoms with van der Waals surface area (Å²) in [6.45, 7) is 0.583. The fourth-order valence-corrected chi connectivity index (χ4v) is 8.39. The molecule has 2 aromatic heterocycles. The van der Waals surface area contributed by atoms with Crippen LogP contribution >= 0.6 is 0 Å². The van der Waals surface area contributed by atoms with Crippen LogP contribution in [0.5, 0.6) is 11.5 Å². The lowest BCUT2D eigenvalue weighted by Crippen LogP contribution is -2.24. The molecule has 0 saturated carbocycles. The number of nitrogens with zero attached hydrogens (tertiary/aromatic N) is 4. The zero-order chi connectivity index (χ0) is 41.7. The van der Waals surface area contributed by atoms with Crippen molar-refractivity contribution < 1.29 is 8.85 Å². The number of ether oxygens (including phenoxy) is 1. The molecular formula is C54H38N4O. The fourth-order valence-electron chi connectivity index (χ4n) is 8.39. The minimum atomic E-state index is -0.0521. The first-order chi connectivity index (χ1) is 30.5. The molecule has 0 spiro atoms. The van der Waals surface area contributed by atoms with E-state index in [2.05, 4.69) is 130 Å². The van der Waals surface area contributed by atoms with E-state index in [0.29, 0.717) is 29.3 Å². The van der Waals surface area contributed by atoms with Crippen LogP contribution in [0.3, 0.4) is 0 Å². The largest absolute Gasteiger partial charge is 0.457 e. The molecule has 0 N–H and O–H groups in total. The molecule has 0 unspecified atom stereocenters. The first-order valence-corrected chi connectivity index (χ1v) is 19.7. The number of anilines is 4. The van der Waals surface area contributed by atoms with Crippen molar-refractivity contribution in [1.29, 1.82) is 0 Å². The van der Waals surface area contributed by atoms with Crippen LogP contribution in [-0.2, 0) is 0 Å². The summed E-state index contributed by atoms with van der Waals surface area (Å²) in [5.41, 5.74) is 11.6. The summed E-state index contributed by atoms with van der Waals surface area (Å²) in [7, 11) is 0. The Morgan fingerprint density at radius 3 is 1.78 bits per heavy atom. The zero-order valence-corrected chi connectivity index (χ0v) is 32.0. The molecule has 0 amide bonds. The van der Waals surface area contributed by atoms with Crippen LogP contribution in [0.2, 0.25) is 0 Å². The quantitative estimate of drug-likeness (QED) is 0.154. The molecule has 0 fully saturated rings. The predicted octanol–water partition coefficient (Wildman–Crippen LogP) is 14.2. The highest BCUT2D eigenvalue weighted by molar-refractivity contribution is 6.09. The SMILES string of the molecule is [2H]c1nc(-n2c3ccccc3c3ccc(Oc4cccc(N5CN(c6c(-c7ccccc7)cccc6-c6ccccc6)c6ccccc65)c4)cc32)c([2H])c([2H])c1-c1ccccc1. The van der Waals surface area contributed by atoms with Gasteiger partial charge in [0, 0.05) is 51.5 Å². The summed E-state index contributed by atoms with van der Waals surface area (Å²) in [5.74, 6) is 1.51. The topological polar surface area (TPSA) is 33.5 Å². The van der Waals surface area contributed by atoms with Gasteiger partial charge in [0.15, 0.2) is 0 Å². The van der Waals surface area contributed by atoms with Crippen LogP contribution in [0.4, 0.5) is 22.7 Å². The lowest BCUT2D eigenvalue weighted by atomic mass is 9.95. The summed E-state index contributed by atoms with van der Waals surface area (Å²) in [6, 6.07) is 67.6. The zero-order valence-electron chi connectivity index (χ0n) is 35.0. The van der Waals surface area contributed by atoms with E-state index in [1.54, 1.807) is 0 Å². The normalized spacial score (nSPS) is 13.0. The molecule has 5 heteroatoms. The highest BCUT2D eigenvalue weighted by Crippen LogP contribution is 2.50. The summed E-state index contributed by atoms with van der Waals surface area (Å²) < 4.78 is 35.7. The number of pyridine rings is 1. The van der Waals surface area contributed by atoms with E-state index in [9.17, 15) is 1.37 Å². The lowest BCUT2D eigenvalue weighted by Gasteiger charge is -2.27. The Bertz CT molecular complexity index is 3240. The number of fused-ring (bicyclic) bond motifs is 4. The minimum absolute atomic E-state index is 0.0387. The Kier molecular flexibility index (Phi) is 7.71. The van der Waals surface area contributed by atoms with E-state index in [-0.39, 0.29) is 24.1 Å². The number of benzene rings is 8. The van der Waals surface area contributed by atoms with E-state index >= 15 is 0 Å². The number of para-hydroxylation sites is 4. The third-order valence-electron chi connectivity index (χ3n) is 11.1. The average molecular weight is 762 g/mol. The molecular weight excluding hydrogens is 721 g/mol. The van der Waals surface area contributed by atoms with E-state index in [4.69, 9.17) is 7.48 Å². The maximum atomic E-state index is 9.19. The summed E-state index contributed by atoms with van der Waals surface area (Å²) in [4.78, 5) is 9.44. The van der Waals surface area contributed by atoms with Gasteiger partial charge < -0.3 is 14.5 Å². The van der Waals surface area contributed by atoms with Gasteiger partial charge in [0.05, 0.1) is 32.2 Å². The fraction of sp³-hybridized carbons (Fsp3) is 0.0185. The Hall–Kier alpha value is -7.89. The molecule has 1 aliphatic heterocycles. The van der Waals surface area contributed by atoms with E-state index < -0.39 is 0 Å². The minimum Gasteiger partial charge on any atom is -0.457 e. The van der Waals surface area contributed by atoms with Gasteiger partial charge in [-0.15, -0.1) is 0 Å². The van der Waals surface area contributed by atoms with Gasteiger partial charge in [0.2, 0.25) is 0 Å². The van der Waals surface area contributed by atoms with Gasteiger partial charge in [-0.05, 0) is 71.2 Å². The highest BCUT2D eigenvalue weighted by atomic mass is 16.5. The summed E-state index contributed by atoms with van der Waals surface area (Å²) in [6.07, 6.45) is -0.0516. The van der Waals surface area contributed by atoms with Crippen LogP contribution in [0.25, 0.3) is 61.0 Å². The Balaban J connectivity index is 0.976.